The fraction of sp³-hybridized carbons (Fsp3) is 0.571. The van der Waals surface area contributed by atoms with Crippen LogP contribution in [0.5, 0.6) is 0 Å². The van der Waals surface area contributed by atoms with Crippen LogP contribution in [0.1, 0.15) is 12.0 Å². The minimum absolute atomic E-state index is 0.200. The number of nitrogens with zero attached hydrogens (tertiary/aromatic N) is 2. The van der Waals surface area contributed by atoms with Crippen molar-refractivity contribution in [2.45, 2.75) is 13.0 Å². The van der Waals surface area contributed by atoms with Gasteiger partial charge in [-0.1, -0.05) is 33.6 Å². The van der Waals surface area contributed by atoms with Crippen LogP contribution in [0.2, 0.25) is 5.02 Å². The van der Waals surface area contributed by atoms with Crippen LogP contribution < -0.4 is 0 Å². The lowest BCUT2D eigenvalue weighted by Crippen LogP contribution is -2.31. The summed E-state index contributed by atoms with van der Waals surface area (Å²) in [5.41, 5.74) is 0.735. The maximum absolute atomic E-state index is 13.8. The lowest BCUT2D eigenvalue weighted by molar-refractivity contribution is 0.256. The van der Waals surface area contributed by atoms with Crippen LogP contribution in [0.4, 0.5) is 4.39 Å². The van der Waals surface area contributed by atoms with E-state index >= 15 is 0 Å². The molecule has 0 unspecified atom stereocenters. The van der Waals surface area contributed by atoms with Crippen LogP contribution in [0.15, 0.2) is 18.2 Å². The Hall–Kier alpha value is -0.160. The standard InChI is InChI=1S/C14H19BrClFN2/c15-4-7-18-5-1-6-19(9-8-18)11-12-2-3-13(16)10-14(12)17/h2-3,10H,1,4-9,11H2. The molecule has 0 aromatic heterocycles. The highest BCUT2D eigenvalue weighted by molar-refractivity contribution is 9.09. The number of alkyl halides is 1. The summed E-state index contributed by atoms with van der Waals surface area (Å²) in [6.07, 6.45) is 1.14. The van der Waals surface area contributed by atoms with Gasteiger partial charge in [-0.15, -0.1) is 0 Å². The lowest BCUT2D eigenvalue weighted by atomic mass is 10.2. The van der Waals surface area contributed by atoms with Gasteiger partial charge in [-0.05, 0) is 31.6 Å². The van der Waals surface area contributed by atoms with Crippen LogP contribution in [-0.4, -0.2) is 47.9 Å². The Kier molecular flexibility index (Phi) is 6.07. The summed E-state index contributed by atoms with van der Waals surface area (Å²) >= 11 is 9.25. The first-order chi connectivity index (χ1) is 9.19. The third kappa shape index (κ3) is 4.71. The minimum atomic E-state index is -0.200. The van der Waals surface area contributed by atoms with Crippen LogP contribution in [-0.2, 0) is 6.54 Å². The van der Waals surface area contributed by atoms with Gasteiger partial charge in [0.1, 0.15) is 5.82 Å². The molecule has 1 aliphatic heterocycles. The molecule has 2 nitrogen and oxygen atoms in total. The van der Waals surface area contributed by atoms with Gasteiger partial charge in [0.05, 0.1) is 0 Å². The molecule has 1 aromatic carbocycles. The second-order valence-corrected chi connectivity index (χ2v) is 6.13. The van der Waals surface area contributed by atoms with Crippen molar-refractivity contribution in [3.05, 3.63) is 34.6 Å². The van der Waals surface area contributed by atoms with Crippen molar-refractivity contribution in [2.75, 3.05) is 38.1 Å². The monoisotopic (exact) mass is 348 g/mol. The topological polar surface area (TPSA) is 6.48 Å². The van der Waals surface area contributed by atoms with E-state index in [9.17, 15) is 4.39 Å². The SMILES string of the molecule is Fc1cc(Cl)ccc1CN1CCCN(CCBr)CC1. The van der Waals surface area contributed by atoms with E-state index in [0.29, 0.717) is 11.6 Å². The molecule has 0 bridgehead atoms. The number of benzene rings is 1. The van der Waals surface area contributed by atoms with E-state index in [0.717, 1.165) is 50.0 Å². The molecule has 1 saturated heterocycles. The molecule has 0 saturated carbocycles. The molecule has 0 atom stereocenters. The maximum Gasteiger partial charge on any atom is 0.129 e. The average Bonchev–Trinajstić information content (AvgIpc) is 2.59. The van der Waals surface area contributed by atoms with Gasteiger partial charge in [0, 0.05) is 42.1 Å². The van der Waals surface area contributed by atoms with Crippen LogP contribution in [0.25, 0.3) is 0 Å². The molecular formula is C14H19BrClFN2. The molecule has 1 fully saturated rings. The first-order valence-electron chi connectivity index (χ1n) is 6.63. The molecule has 1 aliphatic rings. The molecule has 0 N–H and O–H groups in total. The molecule has 19 heavy (non-hydrogen) atoms. The minimum Gasteiger partial charge on any atom is -0.301 e. The Morgan fingerprint density at radius 2 is 1.89 bits per heavy atom. The van der Waals surface area contributed by atoms with Gasteiger partial charge in [0.15, 0.2) is 0 Å². The van der Waals surface area contributed by atoms with Gasteiger partial charge >= 0.3 is 0 Å². The summed E-state index contributed by atoms with van der Waals surface area (Å²) in [4.78, 5) is 4.77. The second-order valence-electron chi connectivity index (χ2n) is 4.90. The Morgan fingerprint density at radius 3 is 2.63 bits per heavy atom. The summed E-state index contributed by atoms with van der Waals surface area (Å²) in [6, 6.07) is 4.94. The lowest BCUT2D eigenvalue weighted by Gasteiger charge is -2.21. The van der Waals surface area contributed by atoms with E-state index in [-0.39, 0.29) is 5.82 Å². The average molecular weight is 350 g/mol. The Bertz CT molecular complexity index is 416. The van der Waals surface area contributed by atoms with Crippen LogP contribution in [0.3, 0.4) is 0 Å². The van der Waals surface area contributed by atoms with Gasteiger partial charge < -0.3 is 4.90 Å². The van der Waals surface area contributed by atoms with Gasteiger partial charge in [0.25, 0.3) is 0 Å². The molecule has 0 aliphatic carbocycles. The van der Waals surface area contributed by atoms with E-state index in [1.807, 2.05) is 0 Å². The van der Waals surface area contributed by atoms with E-state index in [1.54, 1.807) is 12.1 Å². The number of hydrogen-bond acceptors (Lipinski definition) is 2. The van der Waals surface area contributed by atoms with Crippen LogP contribution >= 0.6 is 27.5 Å². The molecule has 0 spiro atoms. The molecule has 2 rings (SSSR count). The number of hydrogen-bond donors (Lipinski definition) is 0. The predicted molar refractivity (Wildman–Crippen MR) is 81.5 cm³/mol. The molecule has 1 aromatic rings. The van der Waals surface area contributed by atoms with Gasteiger partial charge in [-0.25, -0.2) is 4.39 Å². The van der Waals surface area contributed by atoms with Crippen molar-refractivity contribution < 1.29 is 4.39 Å². The van der Waals surface area contributed by atoms with Gasteiger partial charge in [-0.2, -0.15) is 0 Å². The Balaban J connectivity index is 1.92. The van der Waals surface area contributed by atoms with Crippen molar-refractivity contribution in [3.8, 4) is 0 Å². The van der Waals surface area contributed by atoms with Gasteiger partial charge in [0.2, 0.25) is 0 Å². The largest absolute Gasteiger partial charge is 0.301 e. The fourth-order valence-electron chi connectivity index (χ4n) is 2.42. The maximum atomic E-state index is 13.8. The van der Waals surface area contributed by atoms with E-state index < -0.39 is 0 Å². The number of rotatable bonds is 4. The van der Waals surface area contributed by atoms with Crippen molar-refractivity contribution in [2.24, 2.45) is 0 Å². The highest BCUT2D eigenvalue weighted by atomic mass is 79.9. The van der Waals surface area contributed by atoms with Gasteiger partial charge in [-0.3, -0.25) is 4.90 Å². The smallest absolute Gasteiger partial charge is 0.129 e. The summed E-state index contributed by atoms with van der Waals surface area (Å²) in [6.45, 7) is 5.97. The quantitative estimate of drug-likeness (QED) is 0.769. The highest BCUT2D eigenvalue weighted by Gasteiger charge is 2.15. The molecule has 1 heterocycles. The second kappa shape index (κ2) is 7.58. The third-order valence-corrected chi connectivity index (χ3v) is 4.08. The van der Waals surface area contributed by atoms with E-state index in [2.05, 4.69) is 25.7 Å². The zero-order chi connectivity index (χ0) is 13.7. The summed E-state index contributed by atoms with van der Waals surface area (Å²) < 4.78 is 13.8. The normalized spacial score (nSPS) is 18.5. The van der Waals surface area contributed by atoms with Crippen molar-refractivity contribution in [3.63, 3.8) is 0 Å². The van der Waals surface area contributed by atoms with Crippen molar-refractivity contribution in [1.29, 1.82) is 0 Å². The highest BCUT2D eigenvalue weighted by Crippen LogP contribution is 2.17. The number of halogens is 3. The molecule has 5 heteroatoms. The first kappa shape index (κ1) is 15.2. The molecule has 0 radical (unpaired) electrons. The van der Waals surface area contributed by atoms with Crippen molar-refractivity contribution in [1.82, 2.24) is 9.80 Å². The molecular weight excluding hydrogens is 331 g/mol. The van der Waals surface area contributed by atoms with E-state index in [1.165, 1.54) is 6.07 Å². The van der Waals surface area contributed by atoms with Crippen molar-refractivity contribution >= 4 is 27.5 Å². The summed E-state index contributed by atoms with van der Waals surface area (Å²) in [5, 5.41) is 1.47. The first-order valence-corrected chi connectivity index (χ1v) is 8.13. The zero-order valence-electron chi connectivity index (χ0n) is 10.9. The Labute approximate surface area is 127 Å². The molecule has 0 amide bonds. The summed E-state index contributed by atoms with van der Waals surface area (Å²) in [5.74, 6) is -0.200. The summed E-state index contributed by atoms with van der Waals surface area (Å²) in [7, 11) is 0. The Morgan fingerprint density at radius 1 is 1.16 bits per heavy atom. The predicted octanol–water partition coefficient (Wildman–Crippen LogP) is 3.38. The molecule has 106 valence electrons. The fourth-order valence-corrected chi connectivity index (χ4v) is 3.08. The van der Waals surface area contributed by atoms with E-state index in [4.69, 9.17) is 11.6 Å². The van der Waals surface area contributed by atoms with Crippen LogP contribution in [0, 0.1) is 5.82 Å². The third-order valence-electron chi connectivity index (χ3n) is 3.49. The zero-order valence-corrected chi connectivity index (χ0v) is 13.3.